The monoisotopic (exact) mass is 284 g/mol. The molecule has 0 aliphatic carbocycles. The number of benzene rings is 2. The topological polar surface area (TPSA) is 61.8 Å². The van der Waals surface area contributed by atoms with Crippen LogP contribution >= 0.6 is 0 Å². The second kappa shape index (κ2) is 5.46. The predicted octanol–water partition coefficient (Wildman–Crippen LogP) is 2.17. The number of para-hydroxylation sites is 2. The lowest BCUT2D eigenvalue weighted by Crippen LogP contribution is -2.22. The Morgan fingerprint density at radius 1 is 1.19 bits per heavy atom. The van der Waals surface area contributed by atoms with Crippen LogP contribution in [0.15, 0.2) is 42.5 Å². The standard InChI is InChI=1S/C16H15NO4/c1-20-17-12-4-2-3-5-14(12)21-15-10-11(6-8-13(15)17)7-9-16(18)19/h2-6,8,10H,7,9H2,1H3,(H,18,19)/p-1. The van der Waals surface area contributed by atoms with E-state index in [1.807, 2.05) is 42.5 Å². The summed E-state index contributed by atoms with van der Waals surface area (Å²) in [6.07, 6.45) is 0.400. The Labute approximate surface area is 122 Å². The number of hydrogen-bond donors (Lipinski definition) is 0. The number of aliphatic carboxylic acids is 1. The summed E-state index contributed by atoms with van der Waals surface area (Å²) in [7, 11) is 1.59. The molecule has 1 aliphatic heterocycles. The SMILES string of the molecule is CON1c2ccccc2Oc2cc(CCC(=O)[O-])ccc21. The Kier molecular flexibility index (Phi) is 3.50. The molecule has 0 bridgehead atoms. The van der Waals surface area contributed by atoms with Gasteiger partial charge in [-0.3, -0.25) is 4.84 Å². The van der Waals surface area contributed by atoms with Crippen LogP contribution in [0.5, 0.6) is 11.5 Å². The van der Waals surface area contributed by atoms with Crippen LogP contribution in [-0.2, 0) is 16.1 Å². The maximum atomic E-state index is 10.6. The van der Waals surface area contributed by atoms with Gasteiger partial charge in [0, 0.05) is 5.97 Å². The molecule has 0 radical (unpaired) electrons. The van der Waals surface area contributed by atoms with Crippen LogP contribution in [0, 0.1) is 0 Å². The molecule has 5 nitrogen and oxygen atoms in total. The van der Waals surface area contributed by atoms with Gasteiger partial charge in [0.05, 0.1) is 7.11 Å². The lowest BCUT2D eigenvalue weighted by molar-refractivity contribution is -0.305. The number of hydrogen-bond acceptors (Lipinski definition) is 5. The minimum atomic E-state index is -1.06. The van der Waals surface area contributed by atoms with Crippen molar-refractivity contribution in [2.24, 2.45) is 0 Å². The van der Waals surface area contributed by atoms with Crippen LogP contribution in [0.4, 0.5) is 11.4 Å². The van der Waals surface area contributed by atoms with Gasteiger partial charge in [-0.1, -0.05) is 18.2 Å². The third-order valence-corrected chi connectivity index (χ3v) is 3.35. The number of carbonyl (C=O) groups is 1. The molecule has 0 amide bonds. The van der Waals surface area contributed by atoms with Crippen molar-refractivity contribution < 1.29 is 19.5 Å². The molecule has 3 rings (SSSR count). The van der Waals surface area contributed by atoms with Gasteiger partial charge in [-0.15, -0.1) is 0 Å². The number of rotatable bonds is 4. The minimum absolute atomic E-state index is 0.0105. The number of carboxylic acid groups (broad SMARTS) is 1. The summed E-state index contributed by atoms with van der Waals surface area (Å²) >= 11 is 0. The number of aryl methyl sites for hydroxylation is 1. The zero-order chi connectivity index (χ0) is 14.8. The summed E-state index contributed by atoms with van der Waals surface area (Å²) in [5.74, 6) is 0.285. The maximum absolute atomic E-state index is 10.6. The van der Waals surface area contributed by atoms with Gasteiger partial charge in [0.15, 0.2) is 11.5 Å². The van der Waals surface area contributed by atoms with E-state index in [1.165, 1.54) is 0 Å². The highest BCUT2D eigenvalue weighted by Gasteiger charge is 2.24. The molecule has 0 fully saturated rings. The summed E-state index contributed by atoms with van der Waals surface area (Å²) < 4.78 is 5.87. The number of carbonyl (C=O) groups excluding carboxylic acids is 1. The van der Waals surface area contributed by atoms with Crippen molar-refractivity contribution in [3.05, 3.63) is 48.0 Å². The van der Waals surface area contributed by atoms with Gasteiger partial charge in [-0.2, -0.15) is 0 Å². The first-order chi connectivity index (χ1) is 10.2. The Hall–Kier alpha value is -2.53. The van der Waals surface area contributed by atoms with Crippen molar-refractivity contribution >= 4 is 17.3 Å². The smallest absolute Gasteiger partial charge is 0.153 e. The van der Waals surface area contributed by atoms with Crippen LogP contribution in [-0.4, -0.2) is 13.1 Å². The third kappa shape index (κ3) is 2.55. The van der Waals surface area contributed by atoms with Crippen molar-refractivity contribution in [2.45, 2.75) is 12.8 Å². The lowest BCUT2D eigenvalue weighted by Gasteiger charge is -2.30. The predicted molar refractivity (Wildman–Crippen MR) is 75.4 cm³/mol. The van der Waals surface area contributed by atoms with E-state index in [9.17, 15) is 9.90 Å². The first kappa shape index (κ1) is 13.5. The van der Waals surface area contributed by atoms with E-state index in [2.05, 4.69) is 0 Å². The van der Waals surface area contributed by atoms with Crippen molar-refractivity contribution in [1.29, 1.82) is 0 Å². The summed E-state index contributed by atoms with van der Waals surface area (Å²) in [6, 6.07) is 13.1. The normalized spacial score (nSPS) is 12.3. The molecule has 0 N–H and O–H groups in total. The molecular weight excluding hydrogens is 270 g/mol. The molecule has 21 heavy (non-hydrogen) atoms. The largest absolute Gasteiger partial charge is 0.550 e. The second-order valence-electron chi connectivity index (χ2n) is 4.72. The summed E-state index contributed by atoms with van der Waals surface area (Å²) in [5.41, 5.74) is 2.50. The van der Waals surface area contributed by atoms with Crippen molar-refractivity contribution in [1.82, 2.24) is 0 Å². The highest BCUT2D eigenvalue weighted by atomic mass is 16.7. The molecule has 0 aromatic heterocycles. The van der Waals surface area contributed by atoms with Crippen molar-refractivity contribution in [3.8, 4) is 11.5 Å². The molecule has 0 saturated carbocycles. The van der Waals surface area contributed by atoms with Gasteiger partial charge in [-0.25, -0.2) is 5.06 Å². The van der Waals surface area contributed by atoms with Gasteiger partial charge in [0.25, 0.3) is 0 Å². The van der Waals surface area contributed by atoms with Crippen LogP contribution in [0.1, 0.15) is 12.0 Å². The average Bonchev–Trinajstić information content (AvgIpc) is 2.50. The molecule has 1 aliphatic rings. The zero-order valence-corrected chi connectivity index (χ0v) is 11.5. The Bertz CT molecular complexity index is 684. The average molecular weight is 284 g/mol. The molecular formula is C16H14NO4-. The van der Waals surface area contributed by atoms with Crippen LogP contribution < -0.4 is 14.9 Å². The number of nitrogens with zero attached hydrogens (tertiary/aromatic N) is 1. The van der Waals surface area contributed by atoms with Gasteiger partial charge < -0.3 is 14.6 Å². The fourth-order valence-electron chi connectivity index (χ4n) is 2.37. The van der Waals surface area contributed by atoms with E-state index in [1.54, 1.807) is 12.2 Å². The van der Waals surface area contributed by atoms with E-state index < -0.39 is 5.97 Å². The van der Waals surface area contributed by atoms with Gasteiger partial charge >= 0.3 is 0 Å². The molecule has 108 valence electrons. The van der Waals surface area contributed by atoms with Crippen LogP contribution in [0.3, 0.4) is 0 Å². The number of anilines is 2. The molecule has 0 spiro atoms. The highest BCUT2D eigenvalue weighted by molar-refractivity contribution is 5.76. The fourth-order valence-corrected chi connectivity index (χ4v) is 2.37. The van der Waals surface area contributed by atoms with Gasteiger partial charge in [0.2, 0.25) is 0 Å². The number of carboxylic acids is 1. The van der Waals surface area contributed by atoms with E-state index in [0.717, 1.165) is 16.9 Å². The first-order valence-corrected chi connectivity index (χ1v) is 6.63. The minimum Gasteiger partial charge on any atom is -0.550 e. The van der Waals surface area contributed by atoms with Gasteiger partial charge in [0.1, 0.15) is 11.4 Å². The third-order valence-electron chi connectivity index (χ3n) is 3.35. The molecule has 5 heteroatoms. The van der Waals surface area contributed by atoms with E-state index >= 15 is 0 Å². The highest BCUT2D eigenvalue weighted by Crippen LogP contribution is 2.46. The fraction of sp³-hybridized carbons (Fsp3) is 0.188. The maximum Gasteiger partial charge on any atom is 0.153 e. The number of ether oxygens (including phenoxy) is 1. The van der Waals surface area contributed by atoms with E-state index in [0.29, 0.717) is 17.9 Å². The molecule has 2 aromatic rings. The van der Waals surface area contributed by atoms with Crippen molar-refractivity contribution in [3.63, 3.8) is 0 Å². The number of fused-ring (bicyclic) bond motifs is 2. The van der Waals surface area contributed by atoms with Crippen molar-refractivity contribution in [2.75, 3.05) is 12.2 Å². The molecule has 0 unspecified atom stereocenters. The quantitative estimate of drug-likeness (QED) is 0.861. The van der Waals surface area contributed by atoms with Crippen LogP contribution in [0.2, 0.25) is 0 Å². The lowest BCUT2D eigenvalue weighted by atomic mass is 10.1. The van der Waals surface area contributed by atoms with E-state index in [4.69, 9.17) is 9.57 Å². The Morgan fingerprint density at radius 3 is 2.71 bits per heavy atom. The molecule has 0 atom stereocenters. The molecule has 0 saturated heterocycles. The van der Waals surface area contributed by atoms with E-state index in [-0.39, 0.29) is 6.42 Å². The summed E-state index contributed by atoms with van der Waals surface area (Å²) in [6.45, 7) is 0. The molecule has 1 heterocycles. The Morgan fingerprint density at radius 2 is 1.95 bits per heavy atom. The first-order valence-electron chi connectivity index (χ1n) is 6.63. The summed E-state index contributed by atoms with van der Waals surface area (Å²) in [5, 5.41) is 12.2. The van der Waals surface area contributed by atoms with Crippen LogP contribution in [0.25, 0.3) is 0 Å². The summed E-state index contributed by atoms with van der Waals surface area (Å²) in [4.78, 5) is 16.0. The molecule has 2 aromatic carbocycles. The van der Waals surface area contributed by atoms with Gasteiger partial charge in [-0.05, 0) is 42.7 Å². The zero-order valence-electron chi connectivity index (χ0n) is 11.5. The second-order valence-corrected chi connectivity index (χ2v) is 4.72. The Balaban J connectivity index is 1.95.